The van der Waals surface area contributed by atoms with Crippen LogP contribution in [-0.2, 0) is 13.5 Å². The average molecular weight is 246 g/mol. The Morgan fingerprint density at radius 3 is 2.89 bits per heavy atom. The van der Waals surface area contributed by atoms with Crippen molar-refractivity contribution in [1.82, 2.24) is 9.78 Å². The van der Waals surface area contributed by atoms with Gasteiger partial charge in [-0.25, -0.2) is 0 Å². The van der Waals surface area contributed by atoms with Gasteiger partial charge in [0, 0.05) is 7.05 Å². The maximum atomic E-state index is 5.59. The fourth-order valence-corrected chi connectivity index (χ4v) is 1.77. The first-order valence-corrected chi connectivity index (χ1v) is 6.02. The molecule has 0 N–H and O–H groups in total. The number of ether oxygens (including phenoxy) is 2. The molecule has 0 spiro atoms. The molecule has 4 heteroatoms. The van der Waals surface area contributed by atoms with Crippen molar-refractivity contribution in [3.8, 4) is 11.5 Å². The number of hydrogen-bond donors (Lipinski definition) is 0. The first-order chi connectivity index (χ1) is 8.78. The summed E-state index contributed by atoms with van der Waals surface area (Å²) in [5.41, 5.74) is 1.27. The molecule has 2 rings (SSSR count). The molecule has 0 saturated carbocycles. The van der Waals surface area contributed by atoms with E-state index in [1.807, 2.05) is 25.4 Å². The van der Waals surface area contributed by atoms with Crippen LogP contribution in [0.2, 0.25) is 0 Å². The molecule has 2 aromatic rings. The van der Waals surface area contributed by atoms with Crippen LogP contribution in [-0.4, -0.2) is 23.5 Å². The van der Waals surface area contributed by atoms with E-state index >= 15 is 0 Å². The Morgan fingerprint density at radius 2 is 2.17 bits per heavy atom. The lowest BCUT2D eigenvalue weighted by Crippen LogP contribution is -1.99. The Morgan fingerprint density at radius 1 is 1.28 bits per heavy atom. The van der Waals surface area contributed by atoms with Crippen LogP contribution in [0.15, 0.2) is 36.7 Å². The van der Waals surface area contributed by atoms with Crippen molar-refractivity contribution in [3.63, 3.8) is 0 Å². The van der Waals surface area contributed by atoms with Crippen LogP contribution in [0.5, 0.6) is 11.5 Å². The summed E-state index contributed by atoms with van der Waals surface area (Å²) >= 11 is 0. The maximum Gasteiger partial charge on any atom is 0.157 e. The molecule has 0 saturated heterocycles. The fraction of sp³-hybridized carbons (Fsp3) is 0.357. The van der Waals surface area contributed by atoms with Gasteiger partial charge < -0.3 is 9.47 Å². The van der Waals surface area contributed by atoms with E-state index in [0.717, 1.165) is 24.3 Å². The zero-order valence-corrected chi connectivity index (χ0v) is 10.8. The smallest absolute Gasteiger partial charge is 0.157 e. The number of nitrogens with zero attached hydrogens (tertiary/aromatic N) is 2. The number of rotatable bonds is 6. The molecule has 1 aromatic carbocycles. The third-order valence-electron chi connectivity index (χ3n) is 2.69. The number of hydrogen-bond acceptors (Lipinski definition) is 3. The molecule has 0 atom stereocenters. The van der Waals surface area contributed by atoms with Crippen LogP contribution in [0, 0.1) is 0 Å². The first kappa shape index (κ1) is 12.5. The van der Waals surface area contributed by atoms with Crippen LogP contribution in [0.1, 0.15) is 12.0 Å². The summed E-state index contributed by atoms with van der Waals surface area (Å²) in [7, 11) is 3.56. The molecule has 0 aliphatic carbocycles. The molecule has 0 bridgehead atoms. The van der Waals surface area contributed by atoms with Gasteiger partial charge in [-0.3, -0.25) is 4.68 Å². The summed E-state index contributed by atoms with van der Waals surface area (Å²) in [5.74, 6) is 1.73. The lowest BCUT2D eigenvalue weighted by molar-refractivity contribution is 0.310. The van der Waals surface area contributed by atoms with E-state index in [-0.39, 0.29) is 0 Å². The minimum atomic E-state index is 0.697. The lowest BCUT2D eigenvalue weighted by atomic mass is 10.1. The van der Waals surface area contributed by atoms with Crippen LogP contribution >= 0.6 is 0 Å². The zero-order valence-electron chi connectivity index (χ0n) is 10.8. The molecule has 96 valence electrons. The van der Waals surface area contributed by atoms with Crippen molar-refractivity contribution < 1.29 is 9.47 Å². The molecular formula is C14H18N2O2. The predicted octanol–water partition coefficient (Wildman–Crippen LogP) is 2.44. The van der Waals surface area contributed by atoms with Gasteiger partial charge in [0.2, 0.25) is 0 Å². The molecule has 0 unspecified atom stereocenters. The van der Waals surface area contributed by atoms with Crippen molar-refractivity contribution in [2.45, 2.75) is 12.8 Å². The van der Waals surface area contributed by atoms with Gasteiger partial charge in [-0.15, -0.1) is 0 Å². The second-order valence-corrected chi connectivity index (χ2v) is 4.15. The molecule has 0 aliphatic rings. The van der Waals surface area contributed by atoms with Gasteiger partial charge in [-0.05, 0) is 30.5 Å². The second kappa shape index (κ2) is 6.10. The van der Waals surface area contributed by atoms with Crippen LogP contribution in [0.25, 0.3) is 0 Å². The number of methoxy groups -OCH3 is 1. The van der Waals surface area contributed by atoms with Crippen molar-refractivity contribution in [3.05, 3.63) is 42.2 Å². The summed E-state index contributed by atoms with van der Waals surface area (Å²) < 4.78 is 12.5. The summed E-state index contributed by atoms with van der Waals surface area (Å²) in [6, 6.07) is 8.13. The Balaban J connectivity index is 1.74. The van der Waals surface area contributed by atoms with Crippen LogP contribution < -0.4 is 9.47 Å². The van der Waals surface area contributed by atoms with Gasteiger partial charge in [0.25, 0.3) is 0 Å². The Hall–Kier alpha value is -1.97. The van der Waals surface area contributed by atoms with Crippen molar-refractivity contribution in [2.24, 2.45) is 7.05 Å². The summed E-state index contributed by atoms with van der Waals surface area (Å²) in [5, 5.41) is 4.05. The van der Waals surface area contributed by atoms with Crippen molar-refractivity contribution >= 4 is 0 Å². The molecule has 4 nitrogen and oxygen atoms in total. The predicted molar refractivity (Wildman–Crippen MR) is 70.0 cm³/mol. The summed E-state index contributed by atoms with van der Waals surface area (Å²) in [6.45, 7) is 0.697. The standard InChI is InChI=1S/C14H18N2O2/c1-16-11-14(10-15-16)18-8-4-6-12-5-3-7-13(9-12)17-2/h3,5,7,9-11H,4,6,8H2,1-2H3. The highest BCUT2D eigenvalue weighted by atomic mass is 16.5. The number of aromatic nitrogens is 2. The van der Waals surface area contributed by atoms with E-state index in [1.54, 1.807) is 18.0 Å². The monoisotopic (exact) mass is 246 g/mol. The quantitative estimate of drug-likeness (QED) is 0.734. The van der Waals surface area contributed by atoms with E-state index in [0.29, 0.717) is 6.61 Å². The molecular weight excluding hydrogens is 228 g/mol. The minimum Gasteiger partial charge on any atom is -0.497 e. The zero-order chi connectivity index (χ0) is 12.8. The lowest BCUT2D eigenvalue weighted by Gasteiger charge is -2.05. The second-order valence-electron chi connectivity index (χ2n) is 4.15. The highest BCUT2D eigenvalue weighted by Gasteiger charge is 1.98. The van der Waals surface area contributed by atoms with Crippen LogP contribution in [0.3, 0.4) is 0 Å². The molecule has 0 radical (unpaired) electrons. The number of benzene rings is 1. The SMILES string of the molecule is COc1cccc(CCCOc2cnn(C)c2)c1. The van der Waals surface area contributed by atoms with Gasteiger partial charge in [0.15, 0.2) is 5.75 Å². The van der Waals surface area contributed by atoms with E-state index in [9.17, 15) is 0 Å². The van der Waals surface area contributed by atoms with Gasteiger partial charge in [-0.2, -0.15) is 5.10 Å². The third kappa shape index (κ3) is 3.52. The normalized spacial score (nSPS) is 10.3. The highest BCUT2D eigenvalue weighted by Crippen LogP contribution is 2.14. The van der Waals surface area contributed by atoms with E-state index in [1.165, 1.54) is 5.56 Å². The fourth-order valence-electron chi connectivity index (χ4n) is 1.77. The molecule has 1 aromatic heterocycles. The summed E-state index contributed by atoms with van der Waals surface area (Å²) in [4.78, 5) is 0. The van der Waals surface area contributed by atoms with E-state index in [4.69, 9.17) is 9.47 Å². The Kier molecular flexibility index (Phi) is 4.23. The first-order valence-electron chi connectivity index (χ1n) is 6.02. The van der Waals surface area contributed by atoms with Gasteiger partial charge in [-0.1, -0.05) is 12.1 Å². The maximum absolute atomic E-state index is 5.59. The minimum absolute atomic E-state index is 0.697. The topological polar surface area (TPSA) is 36.3 Å². The molecule has 18 heavy (non-hydrogen) atoms. The van der Waals surface area contributed by atoms with Gasteiger partial charge in [0.1, 0.15) is 5.75 Å². The third-order valence-corrected chi connectivity index (χ3v) is 2.69. The molecule has 0 aliphatic heterocycles. The van der Waals surface area contributed by atoms with Crippen molar-refractivity contribution in [2.75, 3.05) is 13.7 Å². The molecule has 0 fully saturated rings. The average Bonchev–Trinajstić information content (AvgIpc) is 2.81. The van der Waals surface area contributed by atoms with Crippen LogP contribution in [0.4, 0.5) is 0 Å². The molecule has 1 heterocycles. The van der Waals surface area contributed by atoms with Gasteiger partial charge >= 0.3 is 0 Å². The Bertz CT molecular complexity index is 494. The molecule has 0 amide bonds. The number of aryl methyl sites for hydroxylation is 2. The summed E-state index contributed by atoms with van der Waals surface area (Å²) in [6.07, 6.45) is 5.55. The Labute approximate surface area is 107 Å². The van der Waals surface area contributed by atoms with Gasteiger partial charge in [0.05, 0.1) is 26.1 Å². The largest absolute Gasteiger partial charge is 0.497 e. The van der Waals surface area contributed by atoms with E-state index < -0.39 is 0 Å². The van der Waals surface area contributed by atoms with Crippen molar-refractivity contribution in [1.29, 1.82) is 0 Å². The highest BCUT2D eigenvalue weighted by molar-refractivity contribution is 5.28. The van der Waals surface area contributed by atoms with E-state index in [2.05, 4.69) is 17.2 Å².